The standard InChI is InChI=1S/C12H14BrFO2/c1-8(16)10(2-3-15)4-9-5-11(13)7-12(14)6-9/h5-7,10,15H,2-4H2,1H3. The molecule has 0 spiro atoms. The molecular weight excluding hydrogens is 275 g/mol. The summed E-state index contributed by atoms with van der Waals surface area (Å²) in [6, 6.07) is 4.58. The van der Waals surface area contributed by atoms with E-state index < -0.39 is 0 Å². The zero-order valence-electron chi connectivity index (χ0n) is 9.04. The Morgan fingerprint density at radius 3 is 2.69 bits per heavy atom. The lowest BCUT2D eigenvalue weighted by atomic mass is 9.93. The molecule has 2 nitrogen and oxygen atoms in total. The lowest BCUT2D eigenvalue weighted by Gasteiger charge is -2.12. The first-order chi connectivity index (χ1) is 7.52. The van der Waals surface area contributed by atoms with Gasteiger partial charge in [-0.2, -0.15) is 0 Å². The molecule has 0 heterocycles. The Labute approximate surface area is 103 Å². The van der Waals surface area contributed by atoms with E-state index in [-0.39, 0.29) is 24.1 Å². The molecule has 0 aliphatic heterocycles. The van der Waals surface area contributed by atoms with Crippen LogP contribution >= 0.6 is 15.9 Å². The summed E-state index contributed by atoms with van der Waals surface area (Å²) in [7, 11) is 0. The first-order valence-corrected chi connectivity index (χ1v) is 5.88. The zero-order valence-corrected chi connectivity index (χ0v) is 10.6. The molecule has 0 bridgehead atoms. The highest BCUT2D eigenvalue weighted by atomic mass is 79.9. The molecule has 0 saturated carbocycles. The van der Waals surface area contributed by atoms with Crippen LogP contribution in [0.5, 0.6) is 0 Å². The molecule has 88 valence electrons. The molecule has 0 fully saturated rings. The number of aliphatic hydroxyl groups is 1. The van der Waals surface area contributed by atoms with Crippen molar-refractivity contribution in [2.75, 3.05) is 6.61 Å². The maximum atomic E-state index is 13.1. The molecule has 0 radical (unpaired) electrons. The van der Waals surface area contributed by atoms with Crippen LogP contribution in [-0.4, -0.2) is 17.5 Å². The van der Waals surface area contributed by atoms with Crippen LogP contribution in [0, 0.1) is 11.7 Å². The van der Waals surface area contributed by atoms with Crippen LogP contribution in [0.15, 0.2) is 22.7 Å². The van der Waals surface area contributed by atoms with Gasteiger partial charge in [-0.3, -0.25) is 4.79 Å². The minimum Gasteiger partial charge on any atom is -0.396 e. The van der Waals surface area contributed by atoms with Gasteiger partial charge in [0, 0.05) is 17.0 Å². The molecule has 1 unspecified atom stereocenters. The average molecular weight is 289 g/mol. The Bertz CT molecular complexity index is 359. The van der Waals surface area contributed by atoms with Crippen LogP contribution in [0.25, 0.3) is 0 Å². The van der Waals surface area contributed by atoms with Crippen molar-refractivity contribution in [1.82, 2.24) is 0 Å². The highest BCUT2D eigenvalue weighted by molar-refractivity contribution is 9.10. The first kappa shape index (κ1) is 13.3. The number of hydrogen-bond donors (Lipinski definition) is 1. The number of ketones is 1. The van der Waals surface area contributed by atoms with Crippen molar-refractivity contribution in [1.29, 1.82) is 0 Å². The second-order valence-electron chi connectivity index (χ2n) is 3.80. The lowest BCUT2D eigenvalue weighted by molar-refractivity contribution is -0.121. The predicted molar refractivity (Wildman–Crippen MR) is 63.7 cm³/mol. The summed E-state index contributed by atoms with van der Waals surface area (Å²) in [6.07, 6.45) is 0.885. The molecule has 0 saturated heterocycles. The summed E-state index contributed by atoms with van der Waals surface area (Å²) in [6.45, 7) is 1.47. The van der Waals surface area contributed by atoms with Crippen molar-refractivity contribution in [3.05, 3.63) is 34.1 Å². The predicted octanol–water partition coefficient (Wildman–Crippen LogP) is 2.72. The maximum absolute atomic E-state index is 13.1. The van der Waals surface area contributed by atoms with Crippen LogP contribution in [0.2, 0.25) is 0 Å². The van der Waals surface area contributed by atoms with Crippen molar-refractivity contribution in [2.24, 2.45) is 5.92 Å². The van der Waals surface area contributed by atoms with Gasteiger partial charge in [0.05, 0.1) is 0 Å². The summed E-state index contributed by atoms with van der Waals surface area (Å²) in [4.78, 5) is 11.3. The minimum absolute atomic E-state index is 0.0226. The van der Waals surface area contributed by atoms with Gasteiger partial charge in [-0.25, -0.2) is 4.39 Å². The normalized spacial score (nSPS) is 12.5. The zero-order chi connectivity index (χ0) is 12.1. The first-order valence-electron chi connectivity index (χ1n) is 5.09. The number of carbonyl (C=O) groups excluding carboxylic acids is 1. The molecule has 16 heavy (non-hydrogen) atoms. The Balaban J connectivity index is 2.80. The second-order valence-corrected chi connectivity index (χ2v) is 4.72. The van der Waals surface area contributed by atoms with Crippen LogP contribution in [0.1, 0.15) is 18.9 Å². The highest BCUT2D eigenvalue weighted by Gasteiger charge is 2.14. The summed E-state index contributed by atoms with van der Waals surface area (Å²) in [5.41, 5.74) is 0.764. The smallest absolute Gasteiger partial charge is 0.133 e. The number of hydrogen-bond acceptors (Lipinski definition) is 2. The summed E-state index contributed by atoms with van der Waals surface area (Å²) < 4.78 is 13.8. The largest absolute Gasteiger partial charge is 0.396 e. The molecule has 1 atom stereocenters. The van der Waals surface area contributed by atoms with Crippen molar-refractivity contribution in [2.45, 2.75) is 19.8 Å². The van der Waals surface area contributed by atoms with Gasteiger partial charge in [0.2, 0.25) is 0 Å². The summed E-state index contributed by atoms with van der Waals surface area (Å²) in [5.74, 6) is -0.538. The number of benzene rings is 1. The average Bonchev–Trinajstić information content (AvgIpc) is 2.15. The number of rotatable bonds is 5. The molecule has 1 aromatic rings. The Morgan fingerprint density at radius 2 is 2.19 bits per heavy atom. The summed E-state index contributed by atoms with van der Waals surface area (Å²) >= 11 is 3.20. The number of carbonyl (C=O) groups is 1. The minimum atomic E-state index is -0.323. The topological polar surface area (TPSA) is 37.3 Å². The molecule has 0 aromatic heterocycles. The van der Waals surface area contributed by atoms with Crippen LogP contribution in [0.3, 0.4) is 0 Å². The molecular formula is C12H14BrFO2. The van der Waals surface area contributed by atoms with Gasteiger partial charge >= 0.3 is 0 Å². The van der Waals surface area contributed by atoms with E-state index >= 15 is 0 Å². The molecule has 1 N–H and O–H groups in total. The van der Waals surface area contributed by atoms with E-state index in [0.717, 1.165) is 5.56 Å². The van der Waals surface area contributed by atoms with E-state index in [1.807, 2.05) is 0 Å². The van der Waals surface area contributed by atoms with Gasteiger partial charge in [-0.15, -0.1) is 0 Å². The quantitative estimate of drug-likeness (QED) is 0.905. The molecule has 1 rings (SSSR count). The second kappa shape index (κ2) is 6.11. The van der Waals surface area contributed by atoms with Gasteiger partial charge in [-0.05, 0) is 43.5 Å². The third-order valence-corrected chi connectivity index (χ3v) is 2.91. The van der Waals surface area contributed by atoms with E-state index in [1.165, 1.54) is 19.1 Å². The Kier molecular flexibility index (Phi) is 5.09. The molecule has 0 amide bonds. The van der Waals surface area contributed by atoms with E-state index in [0.29, 0.717) is 17.3 Å². The fraction of sp³-hybridized carbons (Fsp3) is 0.417. The van der Waals surface area contributed by atoms with Crippen LogP contribution < -0.4 is 0 Å². The Hall–Kier alpha value is -0.740. The van der Waals surface area contributed by atoms with E-state index in [2.05, 4.69) is 15.9 Å². The van der Waals surface area contributed by atoms with Crippen LogP contribution in [0.4, 0.5) is 4.39 Å². The van der Waals surface area contributed by atoms with Crippen molar-refractivity contribution >= 4 is 21.7 Å². The van der Waals surface area contributed by atoms with E-state index in [4.69, 9.17) is 5.11 Å². The number of Topliss-reactive ketones (excluding diaryl/α,β-unsaturated/α-hetero) is 1. The molecule has 0 aliphatic rings. The van der Waals surface area contributed by atoms with Crippen molar-refractivity contribution < 1.29 is 14.3 Å². The van der Waals surface area contributed by atoms with Gasteiger partial charge in [0.1, 0.15) is 11.6 Å². The Morgan fingerprint density at radius 1 is 1.50 bits per heavy atom. The molecule has 1 aromatic carbocycles. The summed E-state index contributed by atoms with van der Waals surface area (Å²) in [5, 5.41) is 8.84. The maximum Gasteiger partial charge on any atom is 0.133 e. The van der Waals surface area contributed by atoms with Gasteiger partial charge in [-0.1, -0.05) is 15.9 Å². The number of halogens is 2. The number of aliphatic hydroxyl groups excluding tert-OH is 1. The van der Waals surface area contributed by atoms with E-state index in [1.54, 1.807) is 6.07 Å². The third kappa shape index (κ3) is 4.02. The van der Waals surface area contributed by atoms with Gasteiger partial charge in [0.15, 0.2) is 0 Å². The monoisotopic (exact) mass is 288 g/mol. The van der Waals surface area contributed by atoms with Gasteiger partial charge < -0.3 is 5.11 Å². The SMILES string of the molecule is CC(=O)C(CCO)Cc1cc(F)cc(Br)c1. The van der Waals surface area contributed by atoms with E-state index in [9.17, 15) is 9.18 Å². The lowest BCUT2D eigenvalue weighted by Crippen LogP contribution is -2.15. The third-order valence-electron chi connectivity index (χ3n) is 2.46. The van der Waals surface area contributed by atoms with Gasteiger partial charge in [0.25, 0.3) is 0 Å². The highest BCUT2D eigenvalue weighted by Crippen LogP contribution is 2.19. The van der Waals surface area contributed by atoms with Crippen LogP contribution in [-0.2, 0) is 11.2 Å². The molecule has 4 heteroatoms. The van der Waals surface area contributed by atoms with Crippen molar-refractivity contribution in [3.63, 3.8) is 0 Å². The molecule has 0 aliphatic carbocycles. The van der Waals surface area contributed by atoms with Crippen molar-refractivity contribution in [3.8, 4) is 0 Å². The fourth-order valence-corrected chi connectivity index (χ4v) is 2.13. The fourth-order valence-electron chi connectivity index (χ4n) is 1.62.